The number of benzene rings is 2. The van der Waals surface area contributed by atoms with Gasteiger partial charge in [0.1, 0.15) is 36.4 Å². The van der Waals surface area contributed by atoms with Gasteiger partial charge in [-0.3, -0.25) is 33.6 Å². The van der Waals surface area contributed by atoms with Crippen molar-refractivity contribution in [2.24, 2.45) is 22.7 Å². The van der Waals surface area contributed by atoms with Crippen LogP contribution >= 0.6 is 11.8 Å². The van der Waals surface area contributed by atoms with Gasteiger partial charge in [0.15, 0.2) is 29.1 Å². The van der Waals surface area contributed by atoms with Gasteiger partial charge in [0.2, 0.25) is 23.6 Å². The molecule has 2 aromatic carbocycles. The molecule has 1 aliphatic heterocycles. The van der Waals surface area contributed by atoms with E-state index in [1.165, 1.54) is 44.7 Å². The third-order valence-corrected chi connectivity index (χ3v) is 17.0. The minimum absolute atomic E-state index is 0.0116. The number of carboxylic acid groups (broad SMARTS) is 1. The van der Waals surface area contributed by atoms with Crippen molar-refractivity contribution in [3.8, 4) is 11.5 Å². The van der Waals surface area contributed by atoms with Crippen molar-refractivity contribution < 1.29 is 71.9 Å². The summed E-state index contributed by atoms with van der Waals surface area (Å²) in [5, 5.41) is 41.1. The van der Waals surface area contributed by atoms with E-state index < -0.39 is 124 Å². The molecular weight excluding hydrogens is 971 g/mol. The summed E-state index contributed by atoms with van der Waals surface area (Å²) in [7, 11) is 0. The van der Waals surface area contributed by atoms with Gasteiger partial charge in [0.05, 0.1) is 23.9 Å². The number of carboxylic acids is 1. The number of ketones is 2. The van der Waals surface area contributed by atoms with E-state index in [1.807, 2.05) is 13.8 Å². The van der Waals surface area contributed by atoms with Gasteiger partial charge in [-0.25, -0.2) is 8.78 Å². The number of aliphatic hydroxyl groups is 2. The zero-order chi connectivity index (χ0) is 53.2. The highest BCUT2D eigenvalue weighted by Gasteiger charge is 2.80. The van der Waals surface area contributed by atoms with Crippen LogP contribution in [0.4, 0.5) is 14.5 Å². The summed E-state index contributed by atoms with van der Waals surface area (Å²) in [6.07, 6.45) is 0.0801. The van der Waals surface area contributed by atoms with Gasteiger partial charge in [-0.2, -0.15) is 0 Å². The summed E-state index contributed by atoms with van der Waals surface area (Å²) in [6.45, 7) is 9.16. The van der Waals surface area contributed by atoms with Crippen molar-refractivity contribution >= 4 is 58.6 Å². The first-order valence-corrected chi connectivity index (χ1v) is 25.8. The molecule has 73 heavy (non-hydrogen) atoms. The minimum atomic E-state index is -2.37. The van der Waals surface area contributed by atoms with Crippen LogP contribution in [0.15, 0.2) is 72.3 Å². The fourth-order valence-corrected chi connectivity index (χ4v) is 13.1. The molecule has 2 unspecified atom stereocenters. The minimum Gasteiger partial charge on any atom is -0.481 e. The Kier molecular flexibility index (Phi) is 16.7. The molecule has 4 amide bonds. The van der Waals surface area contributed by atoms with E-state index in [2.05, 4.69) is 21.3 Å². The number of ether oxygens (including phenoxy) is 3. The molecule has 14 atom stereocenters. The summed E-state index contributed by atoms with van der Waals surface area (Å²) in [6, 6.07) is 11.0. The predicted octanol–water partition coefficient (Wildman–Crippen LogP) is 5.73. The van der Waals surface area contributed by atoms with Crippen LogP contribution in [0.5, 0.6) is 11.5 Å². The Balaban J connectivity index is 0.891. The quantitative estimate of drug-likeness (QED) is 0.0789. The van der Waals surface area contributed by atoms with Crippen LogP contribution in [0.25, 0.3) is 0 Å². The SMILES string of the molecule is CCCCC(C)SC(CC(=O)O)C(=O)NCCC(=O)N[C@@H](C)C(=O)N[C@@H](C)C(=O)Nc1ccc(Oc2ccc([C@@H]3O[C@@H]4C[C@H]5[C@@H]6C[C@H](F)C7=CC(=O)C=C[C@]7(C)[C@@]6(F)[C@@H](O)C[C@]5(C)[C@]4(C(=O)CO)O3)cc2)cc1. The largest absolute Gasteiger partial charge is 0.481 e. The smallest absolute Gasteiger partial charge is 0.305 e. The number of unbranched alkanes of at least 4 members (excludes halogenated alkanes) is 1. The molecule has 0 radical (unpaired) electrons. The molecule has 4 fully saturated rings. The second kappa shape index (κ2) is 22.1. The summed E-state index contributed by atoms with van der Waals surface area (Å²) in [5.74, 6) is -5.36. The number of aliphatic hydroxyl groups excluding tert-OH is 2. The molecule has 5 aliphatic rings. The van der Waals surface area contributed by atoms with Crippen molar-refractivity contribution in [1.82, 2.24) is 16.0 Å². The number of anilines is 1. The number of hydrogen-bond donors (Lipinski definition) is 7. The molecular formula is C53H66F2N4O13S. The van der Waals surface area contributed by atoms with Crippen LogP contribution in [-0.4, -0.2) is 122 Å². The molecule has 3 saturated carbocycles. The third-order valence-electron chi connectivity index (χ3n) is 15.6. The standard InChI is InChI=1S/C53H66F2N4O13S/c1-7-8-9-28(2)73-40(25-45(65)66)48(69)56-21-19-44(64)57-29(3)46(67)58-30(4)47(68)59-32-12-16-35(17-13-32)70-34-14-10-31(11-15-34)49-71-43-24-36-37-23-39(54)38-22-33(61)18-20-50(38,5)52(37,55)41(62)26-51(36,6)53(43,72-49)42(63)27-60/h10-18,20,22,28-30,36-37,39-41,43,49,60,62H,7-9,19,21,23-27H2,1-6H3,(H,56,69)(H,57,64)(H,58,67)(H,59,68)(H,65,66)/t28?,29-,30-,36-,37-,39-,40?,41-,43+,49+,50-,51-,52-,53+/m0/s1. The number of allylic oxidation sites excluding steroid dienone is 4. The molecule has 1 saturated heterocycles. The fourth-order valence-electron chi connectivity index (χ4n) is 11.8. The van der Waals surface area contributed by atoms with Gasteiger partial charge in [-0.1, -0.05) is 51.8 Å². The Morgan fingerprint density at radius 3 is 2.22 bits per heavy atom. The van der Waals surface area contributed by atoms with Crippen LogP contribution in [0.2, 0.25) is 0 Å². The number of carbonyl (C=O) groups excluding carboxylic acids is 6. The topological polar surface area (TPSA) is 256 Å². The van der Waals surface area contributed by atoms with Gasteiger partial charge in [0.25, 0.3) is 0 Å². The Labute approximate surface area is 427 Å². The first kappa shape index (κ1) is 55.2. The first-order chi connectivity index (χ1) is 34.5. The Morgan fingerprint density at radius 2 is 1.58 bits per heavy atom. The summed E-state index contributed by atoms with van der Waals surface area (Å²) < 4.78 is 52.8. The highest BCUT2D eigenvalue weighted by atomic mass is 32.2. The number of halogens is 2. The van der Waals surface area contributed by atoms with Crippen molar-refractivity contribution in [2.45, 2.75) is 151 Å². The second-order valence-corrected chi connectivity index (χ2v) is 22.1. The molecule has 17 nitrogen and oxygen atoms in total. The van der Waals surface area contributed by atoms with Gasteiger partial charge in [0, 0.05) is 46.2 Å². The van der Waals surface area contributed by atoms with Crippen molar-refractivity contribution in [3.63, 3.8) is 0 Å². The van der Waals surface area contributed by atoms with Crippen LogP contribution < -0.4 is 26.0 Å². The number of carbonyl (C=O) groups is 7. The van der Waals surface area contributed by atoms with Crippen LogP contribution in [0, 0.1) is 22.7 Å². The van der Waals surface area contributed by atoms with Crippen LogP contribution in [0.1, 0.15) is 105 Å². The van der Waals surface area contributed by atoms with Crippen molar-refractivity contribution in [2.75, 3.05) is 18.5 Å². The van der Waals surface area contributed by atoms with E-state index in [9.17, 15) is 48.9 Å². The second-order valence-electron chi connectivity index (χ2n) is 20.4. The molecule has 1 heterocycles. The van der Waals surface area contributed by atoms with Gasteiger partial charge in [-0.05, 0) is 106 Å². The maximum absolute atomic E-state index is 17.7. The van der Waals surface area contributed by atoms with Gasteiger partial charge < -0.3 is 50.8 Å². The highest BCUT2D eigenvalue weighted by Crippen LogP contribution is 2.72. The average molecular weight is 1040 g/mol. The van der Waals surface area contributed by atoms with E-state index in [0.717, 1.165) is 25.3 Å². The summed E-state index contributed by atoms with van der Waals surface area (Å²) in [4.78, 5) is 88.7. The molecule has 2 aromatic rings. The number of nitrogens with one attached hydrogen (secondary N) is 4. The predicted molar refractivity (Wildman–Crippen MR) is 265 cm³/mol. The number of rotatable bonds is 21. The molecule has 7 rings (SSSR count). The number of hydrogen-bond acceptors (Lipinski definition) is 13. The Bertz CT molecular complexity index is 2510. The molecule has 4 aliphatic carbocycles. The number of thioether (sulfide) groups is 1. The number of alkyl halides is 2. The van der Waals surface area contributed by atoms with Gasteiger partial charge >= 0.3 is 5.97 Å². The van der Waals surface area contributed by atoms with Crippen LogP contribution in [-0.2, 0) is 43.0 Å². The maximum atomic E-state index is 17.7. The molecule has 7 N–H and O–H groups in total. The maximum Gasteiger partial charge on any atom is 0.305 e. The zero-order valence-electron chi connectivity index (χ0n) is 41.8. The lowest BCUT2D eigenvalue weighted by molar-refractivity contribution is -0.235. The first-order valence-electron chi connectivity index (χ1n) is 24.9. The fraction of sp³-hybridized carbons (Fsp3) is 0.566. The monoisotopic (exact) mass is 1040 g/mol. The van der Waals surface area contributed by atoms with E-state index >= 15 is 8.78 Å². The normalized spacial score (nSPS) is 31.5. The zero-order valence-corrected chi connectivity index (χ0v) is 42.6. The number of amides is 4. The lowest BCUT2D eigenvalue weighted by Crippen LogP contribution is -2.70. The molecule has 0 bridgehead atoms. The van der Waals surface area contributed by atoms with E-state index in [4.69, 9.17) is 14.2 Å². The molecule has 0 aromatic heterocycles. The van der Waals surface area contributed by atoms with E-state index in [1.54, 1.807) is 55.5 Å². The number of fused-ring (bicyclic) bond motifs is 7. The lowest BCUT2D eigenvalue weighted by atomic mass is 9.44. The number of Topliss-reactive ketones (excluding diaryl/α,β-unsaturated/α-hetero) is 1. The summed E-state index contributed by atoms with van der Waals surface area (Å²) >= 11 is 1.29. The lowest BCUT2D eigenvalue weighted by Gasteiger charge is -2.63. The molecule has 396 valence electrons. The summed E-state index contributed by atoms with van der Waals surface area (Å²) in [5.41, 5.74) is -6.15. The molecule has 20 heteroatoms. The Hall–Kier alpha value is -5.54. The van der Waals surface area contributed by atoms with Crippen molar-refractivity contribution in [1.29, 1.82) is 0 Å². The van der Waals surface area contributed by atoms with Crippen LogP contribution in [0.3, 0.4) is 0 Å². The third kappa shape index (κ3) is 10.7. The van der Waals surface area contributed by atoms with E-state index in [-0.39, 0.29) is 49.5 Å². The Morgan fingerprint density at radius 1 is 0.918 bits per heavy atom. The van der Waals surface area contributed by atoms with Gasteiger partial charge in [-0.15, -0.1) is 11.8 Å². The highest BCUT2D eigenvalue weighted by molar-refractivity contribution is 8.01. The number of aliphatic carboxylic acids is 1. The van der Waals surface area contributed by atoms with E-state index in [0.29, 0.717) is 22.7 Å². The molecule has 0 spiro atoms. The van der Waals surface area contributed by atoms with Crippen molar-refractivity contribution in [3.05, 3.63) is 77.9 Å². The average Bonchev–Trinajstić information content (AvgIpc) is 3.85.